The number of hydrogen-bond donors (Lipinski definition) is 0. The van der Waals surface area contributed by atoms with E-state index < -0.39 is 0 Å². The van der Waals surface area contributed by atoms with Crippen molar-refractivity contribution in [3.8, 4) is 17.1 Å². The molecule has 1 aliphatic heterocycles. The maximum absolute atomic E-state index is 6.10. The van der Waals surface area contributed by atoms with Crippen molar-refractivity contribution >= 4 is 23.8 Å². The van der Waals surface area contributed by atoms with Gasteiger partial charge < -0.3 is 0 Å². The number of nitrogens with zero attached hydrogens (tertiary/aromatic N) is 4. The first kappa shape index (κ1) is 19.4. The lowest BCUT2D eigenvalue weighted by molar-refractivity contribution is 0.146. The molecular weight excluding hydrogens is 388 g/mol. The van der Waals surface area contributed by atoms with Gasteiger partial charge in [-0.05, 0) is 73.8 Å². The molecular formula is C22H25ClN4S. The van der Waals surface area contributed by atoms with Crippen LogP contribution in [0, 0.1) is 17.6 Å². The van der Waals surface area contributed by atoms with Gasteiger partial charge in [0.1, 0.15) is 0 Å². The first-order valence-electron chi connectivity index (χ1n) is 9.77. The van der Waals surface area contributed by atoms with Crippen LogP contribution in [-0.4, -0.2) is 32.3 Å². The molecule has 0 saturated carbocycles. The summed E-state index contributed by atoms with van der Waals surface area (Å²) in [6.07, 6.45) is 2.46. The van der Waals surface area contributed by atoms with Gasteiger partial charge in [-0.1, -0.05) is 36.7 Å². The van der Waals surface area contributed by atoms with Gasteiger partial charge in [0.25, 0.3) is 0 Å². The third-order valence-electron chi connectivity index (χ3n) is 5.51. The number of benzene rings is 2. The van der Waals surface area contributed by atoms with Gasteiger partial charge in [-0.15, -0.1) is 5.10 Å². The number of aromatic nitrogens is 3. The Morgan fingerprint density at radius 2 is 1.75 bits per heavy atom. The number of aryl methyl sites for hydroxylation is 1. The molecule has 1 fully saturated rings. The number of rotatable bonds is 4. The normalized spacial score (nSPS) is 15.8. The Balaban J connectivity index is 1.79. The van der Waals surface area contributed by atoms with Crippen molar-refractivity contribution in [1.82, 2.24) is 19.2 Å². The van der Waals surface area contributed by atoms with Crippen molar-refractivity contribution in [2.24, 2.45) is 5.92 Å². The molecule has 1 saturated heterocycles. The van der Waals surface area contributed by atoms with Gasteiger partial charge in [0.05, 0.1) is 12.4 Å². The van der Waals surface area contributed by atoms with Gasteiger partial charge in [0, 0.05) is 23.7 Å². The minimum atomic E-state index is 0.714. The van der Waals surface area contributed by atoms with Crippen LogP contribution in [0.3, 0.4) is 0 Å². The van der Waals surface area contributed by atoms with Crippen LogP contribution in [0.1, 0.15) is 25.3 Å². The van der Waals surface area contributed by atoms with Crippen molar-refractivity contribution in [2.45, 2.75) is 33.4 Å². The summed E-state index contributed by atoms with van der Waals surface area (Å²) in [5, 5.41) is 5.65. The highest BCUT2D eigenvalue weighted by Crippen LogP contribution is 2.26. The molecule has 4 rings (SSSR count). The van der Waals surface area contributed by atoms with E-state index in [1.165, 1.54) is 18.4 Å². The lowest BCUT2D eigenvalue weighted by Gasteiger charge is -2.29. The zero-order valence-corrected chi connectivity index (χ0v) is 17.9. The molecule has 3 aromatic rings. The van der Waals surface area contributed by atoms with Crippen molar-refractivity contribution in [3.05, 3.63) is 63.9 Å². The number of para-hydroxylation sites is 1. The fourth-order valence-electron chi connectivity index (χ4n) is 3.71. The molecule has 2 aromatic carbocycles. The second-order valence-corrected chi connectivity index (χ2v) is 8.48. The van der Waals surface area contributed by atoms with E-state index in [2.05, 4.69) is 35.4 Å². The fourth-order valence-corrected chi connectivity index (χ4v) is 4.12. The maximum Gasteiger partial charge on any atom is 0.204 e. The van der Waals surface area contributed by atoms with Gasteiger partial charge in [-0.25, -0.2) is 4.68 Å². The Bertz CT molecular complexity index is 1010. The summed E-state index contributed by atoms with van der Waals surface area (Å²) in [5.74, 6) is 1.65. The molecule has 0 aliphatic carbocycles. The van der Waals surface area contributed by atoms with E-state index in [0.29, 0.717) is 5.02 Å². The summed E-state index contributed by atoms with van der Waals surface area (Å²) >= 11 is 12.0. The predicted octanol–water partition coefficient (Wildman–Crippen LogP) is 5.72. The lowest BCUT2D eigenvalue weighted by atomic mass is 10.00. The van der Waals surface area contributed by atoms with Gasteiger partial charge in [-0.3, -0.25) is 9.47 Å². The highest BCUT2D eigenvalue weighted by atomic mass is 35.5. The molecule has 4 nitrogen and oxygen atoms in total. The number of halogens is 1. The van der Waals surface area contributed by atoms with E-state index in [1.54, 1.807) is 0 Å². The predicted molar refractivity (Wildman–Crippen MR) is 118 cm³/mol. The summed E-state index contributed by atoms with van der Waals surface area (Å²) < 4.78 is 4.76. The second-order valence-electron chi connectivity index (χ2n) is 7.68. The number of hydrogen-bond acceptors (Lipinski definition) is 3. The summed E-state index contributed by atoms with van der Waals surface area (Å²) in [5.41, 5.74) is 3.24. The van der Waals surface area contributed by atoms with Crippen LogP contribution in [0.2, 0.25) is 5.02 Å². The third kappa shape index (κ3) is 3.93. The Morgan fingerprint density at radius 1 is 1.07 bits per heavy atom. The molecule has 0 amide bonds. The summed E-state index contributed by atoms with van der Waals surface area (Å²) in [7, 11) is 0. The van der Waals surface area contributed by atoms with Gasteiger partial charge in [0.15, 0.2) is 5.82 Å². The van der Waals surface area contributed by atoms with Crippen LogP contribution >= 0.6 is 23.8 Å². The largest absolute Gasteiger partial charge is 0.284 e. The Labute approximate surface area is 176 Å². The van der Waals surface area contributed by atoms with E-state index in [0.717, 1.165) is 47.5 Å². The van der Waals surface area contributed by atoms with Crippen LogP contribution in [-0.2, 0) is 6.67 Å². The molecule has 0 unspecified atom stereocenters. The SMILES string of the molecule is Cc1ccccc1-n1c(-c2ccc(Cl)cc2)nn(CN2CCC(C)CC2)c1=S. The minimum absolute atomic E-state index is 0.714. The van der Waals surface area contributed by atoms with E-state index in [-0.39, 0.29) is 0 Å². The average Bonchev–Trinajstić information content (AvgIpc) is 3.01. The molecule has 0 bridgehead atoms. The Hall–Kier alpha value is -1.95. The molecule has 28 heavy (non-hydrogen) atoms. The second kappa shape index (κ2) is 8.19. The Kier molecular flexibility index (Phi) is 5.67. The quantitative estimate of drug-likeness (QED) is 0.512. The van der Waals surface area contributed by atoms with Crippen molar-refractivity contribution in [2.75, 3.05) is 13.1 Å². The van der Waals surface area contributed by atoms with E-state index in [9.17, 15) is 0 Å². The van der Waals surface area contributed by atoms with Gasteiger partial charge in [0.2, 0.25) is 4.77 Å². The molecule has 6 heteroatoms. The van der Waals surface area contributed by atoms with E-state index in [4.69, 9.17) is 28.9 Å². The minimum Gasteiger partial charge on any atom is -0.284 e. The topological polar surface area (TPSA) is 26.0 Å². The molecule has 146 valence electrons. The molecule has 0 spiro atoms. The van der Waals surface area contributed by atoms with Crippen molar-refractivity contribution in [1.29, 1.82) is 0 Å². The standard InChI is InChI=1S/C22H25ClN4S/c1-16-11-13-25(14-12-16)15-26-22(28)27(20-6-4-3-5-17(20)2)21(24-26)18-7-9-19(23)10-8-18/h3-10,16H,11-15H2,1-2H3. The van der Waals surface area contributed by atoms with E-state index >= 15 is 0 Å². The monoisotopic (exact) mass is 412 g/mol. The van der Waals surface area contributed by atoms with Crippen LogP contribution in [0.25, 0.3) is 17.1 Å². The van der Waals surface area contributed by atoms with Crippen LogP contribution in [0.4, 0.5) is 0 Å². The smallest absolute Gasteiger partial charge is 0.204 e. The first-order valence-corrected chi connectivity index (χ1v) is 10.6. The van der Waals surface area contributed by atoms with Crippen molar-refractivity contribution in [3.63, 3.8) is 0 Å². The molecule has 0 N–H and O–H groups in total. The maximum atomic E-state index is 6.10. The van der Waals surface area contributed by atoms with E-state index in [1.807, 2.05) is 41.1 Å². The highest BCUT2D eigenvalue weighted by Gasteiger charge is 2.20. The molecule has 2 heterocycles. The molecule has 0 atom stereocenters. The molecule has 0 radical (unpaired) electrons. The lowest BCUT2D eigenvalue weighted by Crippen LogP contribution is -2.34. The van der Waals surface area contributed by atoms with Gasteiger partial charge >= 0.3 is 0 Å². The van der Waals surface area contributed by atoms with Crippen LogP contribution in [0.5, 0.6) is 0 Å². The summed E-state index contributed by atoms with van der Waals surface area (Å²) in [6, 6.07) is 16.1. The molecule has 1 aromatic heterocycles. The highest BCUT2D eigenvalue weighted by molar-refractivity contribution is 7.71. The zero-order chi connectivity index (χ0) is 19.7. The average molecular weight is 413 g/mol. The van der Waals surface area contributed by atoms with Crippen LogP contribution < -0.4 is 0 Å². The third-order valence-corrected chi connectivity index (χ3v) is 6.15. The molecule has 1 aliphatic rings. The Morgan fingerprint density at radius 3 is 2.43 bits per heavy atom. The number of likely N-dealkylation sites (tertiary alicyclic amines) is 1. The van der Waals surface area contributed by atoms with Crippen molar-refractivity contribution < 1.29 is 0 Å². The first-order chi connectivity index (χ1) is 13.5. The van der Waals surface area contributed by atoms with Gasteiger partial charge in [-0.2, -0.15) is 0 Å². The number of piperidine rings is 1. The zero-order valence-electron chi connectivity index (χ0n) is 16.3. The summed E-state index contributed by atoms with van der Waals surface area (Å²) in [6.45, 7) is 7.35. The fraction of sp³-hybridized carbons (Fsp3) is 0.364. The van der Waals surface area contributed by atoms with Crippen LogP contribution in [0.15, 0.2) is 48.5 Å². The summed E-state index contributed by atoms with van der Waals surface area (Å²) in [4.78, 5) is 2.44.